The molecule has 1 aliphatic carbocycles. The van der Waals surface area contributed by atoms with E-state index in [1.165, 1.54) is 11.0 Å². The molecule has 3 aromatic rings. The molecule has 0 fully saturated rings. The average molecular weight is 404 g/mol. The summed E-state index contributed by atoms with van der Waals surface area (Å²) in [7, 11) is 0. The minimum atomic E-state index is -0.875. The summed E-state index contributed by atoms with van der Waals surface area (Å²) in [6.45, 7) is 0. The minimum absolute atomic E-state index is 0.274. The number of amides is 2. The predicted molar refractivity (Wildman–Crippen MR) is 106 cm³/mol. The molecule has 30 heavy (non-hydrogen) atoms. The van der Waals surface area contributed by atoms with Crippen LogP contribution in [0.2, 0.25) is 0 Å². The van der Waals surface area contributed by atoms with Crippen molar-refractivity contribution in [3.05, 3.63) is 100 Å². The summed E-state index contributed by atoms with van der Waals surface area (Å²) < 4.78 is 28.3. The molecule has 150 valence electrons. The summed E-state index contributed by atoms with van der Waals surface area (Å²) in [4.78, 5) is 31.9. The van der Waals surface area contributed by atoms with Crippen LogP contribution in [0.1, 0.15) is 62.3 Å². The molecule has 0 bridgehead atoms. The fourth-order valence-electron chi connectivity index (χ4n) is 4.63. The molecule has 0 N–H and O–H groups in total. The third-order valence-corrected chi connectivity index (χ3v) is 6.06. The third kappa shape index (κ3) is 2.83. The molecule has 1 aromatic heterocycles. The fourth-order valence-corrected chi connectivity index (χ4v) is 4.63. The van der Waals surface area contributed by atoms with E-state index in [1.54, 1.807) is 42.6 Å². The molecule has 2 aliphatic rings. The lowest BCUT2D eigenvalue weighted by Crippen LogP contribution is -2.34. The van der Waals surface area contributed by atoms with Crippen molar-refractivity contribution in [2.45, 2.75) is 31.2 Å². The van der Waals surface area contributed by atoms with Gasteiger partial charge in [-0.3, -0.25) is 19.5 Å². The summed E-state index contributed by atoms with van der Waals surface area (Å²) >= 11 is 0. The van der Waals surface area contributed by atoms with Crippen molar-refractivity contribution in [2.75, 3.05) is 0 Å². The van der Waals surface area contributed by atoms with Gasteiger partial charge in [-0.25, -0.2) is 8.78 Å². The van der Waals surface area contributed by atoms with E-state index >= 15 is 0 Å². The van der Waals surface area contributed by atoms with Gasteiger partial charge in [0.15, 0.2) is 11.6 Å². The van der Waals surface area contributed by atoms with E-state index in [2.05, 4.69) is 4.98 Å². The Morgan fingerprint density at radius 3 is 2.33 bits per heavy atom. The number of hydrogen-bond acceptors (Lipinski definition) is 3. The zero-order valence-corrected chi connectivity index (χ0v) is 16.0. The second-order valence-electron chi connectivity index (χ2n) is 7.71. The Morgan fingerprint density at radius 1 is 0.867 bits per heavy atom. The number of carbonyl (C=O) groups is 2. The number of hydrogen-bond donors (Lipinski definition) is 0. The predicted octanol–water partition coefficient (Wildman–Crippen LogP) is 4.82. The van der Waals surface area contributed by atoms with Gasteiger partial charge < -0.3 is 0 Å². The van der Waals surface area contributed by atoms with Crippen molar-refractivity contribution in [3.8, 4) is 0 Å². The Balaban J connectivity index is 1.56. The summed E-state index contributed by atoms with van der Waals surface area (Å²) in [5, 5.41) is 0. The van der Waals surface area contributed by atoms with Crippen molar-refractivity contribution in [1.29, 1.82) is 0 Å². The van der Waals surface area contributed by atoms with Gasteiger partial charge in [0, 0.05) is 6.20 Å². The first-order valence-electron chi connectivity index (χ1n) is 9.91. The topological polar surface area (TPSA) is 50.3 Å². The first-order valence-corrected chi connectivity index (χ1v) is 9.91. The number of pyridine rings is 1. The molecule has 2 amide bonds. The molecule has 2 aromatic carbocycles. The van der Waals surface area contributed by atoms with Crippen LogP contribution in [-0.4, -0.2) is 21.7 Å². The smallest absolute Gasteiger partial charge is 0.262 e. The van der Waals surface area contributed by atoms with Gasteiger partial charge in [0.1, 0.15) is 0 Å². The number of aromatic nitrogens is 1. The number of carbonyl (C=O) groups excluding carboxylic acids is 2. The van der Waals surface area contributed by atoms with Crippen LogP contribution in [0.4, 0.5) is 8.78 Å². The average Bonchev–Trinajstić information content (AvgIpc) is 2.90. The molecule has 0 spiro atoms. The van der Waals surface area contributed by atoms with Crippen molar-refractivity contribution >= 4 is 11.8 Å². The number of fused-ring (bicyclic) bond motifs is 2. The second-order valence-corrected chi connectivity index (χ2v) is 7.71. The van der Waals surface area contributed by atoms with Gasteiger partial charge in [-0.05, 0) is 60.6 Å². The van der Waals surface area contributed by atoms with E-state index in [9.17, 15) is 18.4 Å². The fraction of sp³-hybridized carbons (Fsp3) is 0.208. The van der Waals surface area contributed by atoms with E-state index in [0.29, 0.717) is 41.6 Å². The number of imide groups is 1. The Kier molecular flexibility index (Phi) is 4.42. The molecule has 2 unspecified atom stereocenters. The van der Waals surface area contributed by atoms with E-state index in [4.69, 9.17) is 0 Å². The molecule has 1 aliphatic heterocycles. The van der Waals surface area contributed by atoms with Crippen molar-refractivity contribution in [1.82, 2.24) is 9.88 Å². The lowest BCUT2D eigenvalue weighted by molar-refractivity contribution is 0.0569. The monoisotopic (exact) mass is 404 g/mol. The molecule has 0 saturated heterocycles. The highest BCUT2D eigenvalue weighted by Crippen LogP contribution is 2.41. The van der Waals surface area contributed by atoms with Crippen LogP contribution in [-0.2, 0) is 6.42 Å². The maximum Gasteiger partial charge on any atom is 0.262 e. The van der Waals surface area contributed by atoms with Gasteiger partial charge in [0.25, 0.3) is 11.8 Å². The highest BCUT2D eigenvalue weighted by Gasteiger charge is 2.42. The highest BCUT2D eigenvalue weighted by molar-refractivity contribution is 6.21. The summed E-state index contributed by atoms with van der Waals surface area (Å²) in [5.74, 6) is -2.67. The van der Waals surface area contributed by atoms with E-state index in [-0.39, 0.29) is 17.7 Å². The quantitative estimate of drug-likeness (QED) is 0.455. The molecule has 0 saturated carbocycles. The van der Waals surface area contributed by atoms with Crippen LogP contribution in [0.25, 0.3) is 0 Å². The SMILES string of the molecule is O=C1c2ccccc2C(=O)N1C1CCC(c2cccc(F)c2F)Cc2cccnc21. The highest BCUT2D eigenvalue weighted by atomic mass is 19.2. The van der Waals surface area contributed by atoms with Crippen molar-refractivity contribution in [2.24, 2.45) is 0 Å². The van der Waals surface area contributed by atoms with Crippen molar-refractivity contribution < 1.29 is 18.4 Å². The Hall–Kier alpha value is -3.41. The van der Waals surface area contributed by atoms with Gasteiger partial charge in [0.2, 0.25) is 0 Å². The van der Waals surface area contributed by atoms with Gasteiger partial charge in [-0.2, -0.15) is 0 Å². The Labute approximate surface area is 172 Å². The summed E-state index contributed by atoms with van der Waals surface area (Å²) in [6, 6.07) is 14.1. The van der Waals surface area contributed by atoms with Gasteiger partial charge in [-0.15, -0.1) is 0 Å². The maximum absolute atomic E-state index is 14.5. The number of rotatable bonds is 2. The van der Waals surface area contributed by atoms with Crippen LogP contribution in [0.15, 0.2) is 60.8 Å². The molecule has 2 atom stereocenters. The minimum Gasteiger partial charge on any atom is -0.269 e. The summed E-state index contributed by atoms with van der Waals surface area (Å²) in [6.07, 6.45) is 3.02. The van der Waals surface area contributed by atoms with Crippen LogP contribution in [0.5, 0.6) is 0 Å². The summed E-state index contributed by atoms with van der Waals surface area (Å²) in [5.41, 5.74) is 2.57. The van der Waals surface area contributed by atoms with Gasteiger partial charge >= 0.3 is 0 Å². The molecule has 5 rings (SSSR count). The lowest BCUT2D eigenvalue weighted by atomic mass is 9.90. The zero-order valence-electron chi connectivity index (χ0n) is 16.0. The molecular weight excluding hydrogens is 386 g/mol. The van der Waals surface area contributed by atoms with Crippen LogP contribution < -0.4 is 0 Å². The Morgan fingerprint density at radius 2 is 1.60 bits per heavy atom. The van der Waals surface area contributed by atoms with E-state index in [1.807, 2.05) is 6.07 Å². The molecule has 4 nitrogen and oxygen atoms in total. The first kappa shape index (κ1) is 18.6. The van der Waals surface area contributed by atoms with Gasteiger partial charge in [-0.1, -0.05) is 30.3 Å². The first-order chi connectivity index (χ1) is 14.6. The normalized spacial score (nSPS) is 20.7. The standard InChI is InChI=1S/C24H18F2N2O2/c25-19-9-3-8-16(21(19)26)14-10-11-20(22-15(13-14)5-4-12-27-22)28-23(29)17-6-1-2-7-18(17)24(28)30/h1-9,12,14,20H,10-11,13H2. The molecule has 0 radical (unpaired) electrons. The number of benzene rings is 2. The van der Waals surface area contributed by atoms with Crippen LogP contribution in [0.3, 0.4) is 0 Å². The number of nitrogens with zero attached hydrogens (tertiary/aromatic N) is 2. The lowest BCUT2D eigenvalue weighted by Gasteiger charge is -2.26. The van der Waals surface area contributed by atoms with Crippen LogP contribution in [0, 0.1) is 11.6 Å². The van der Waals surface area contributed by atoms with E-state index < -0.39 is 17.7 Å². The second kappa shape index (κ2) is 7.13. The molecule has 6 heteroatoms. The van der Waals surface area contributed by atoms with E-state index in [0.717, 1.165) is 11.6 Å². The van der Waals surface area contributed by atoms with Crippen molar-refractivity contribution in [3.63, 3.8) is 0 Å². The molecule has 2 heterocycles. The number of halogens is 2. The van der Waals surface area contributed by atoms with Crippen LogP contribution >= 0.6 is 0 Å². The Bertz CT molecular complexity index is 1140. The third-order valence-electron chi connectivity index (χ3n) is 6.06. The largest absolute Gasteiger partial charge is 0.269 e. The van der Waals surface area contributed by atoms with Gasteiger partial charge in [0.05, 0.1) is 22.9 Å². The molecular formula is C24H18F2N2O2. The zero-order chi connectivity index (χ0) is 20.8. The maximum atomic E-state index is 14.5.